The van der Waals surface area contributed by atoms with Gasteiger partial charge >= 0.3 is 6.18 Å². The molecule has 0 saturated carbocycles. The highest BCUT2D eigenvalue weighted by atomic mass is 19.4. The van der Waals surface area contributed by atoms with Crippen molar-refractivity contribution in [2.45, 2.75) is 13.1 Å². The Hall–Kier alpha value is -2.17. The van der Waals surface area contributed by atoms with Crippen LogP contribution in [0.2, 0.25) is 0 Å². The Bertz CT molecular complexity index is 677. The van der Waals surface area contributed by atoms with Gasteiger partial charge in [-0.15, -0.1) is 0 Å². The largest absolute Gasteiger partial charge is 0.416 e. The van der Waals surface area contributed by atoms with Gasteiger partial charge in [0.15, 0.2) is 0 Å². The molecule has 0 fully saturated rings. The zero-order valence-corrected chi connectivity index (χ0v) is 11.5. The fourth-order valence-corrected chi connectivity index (χ4v) is 1.95. The molecule has 0 atom stereocenters. The number of alkyl halides is 3. The molecule has 106 valence electrons. The smallest absolute Gasteiger partial charge is 0.355 e. The molecule has 2 rings (SSSR count). The molecule has 0 amide bonds. The highest BCUT2D eigenvalue weighted by Crippen LogP contribution is 2.32. The van der Waals surface area contributed by atoms with E-state index < -0.39 is 11.7 Å². The van der Waals surface area contributed by atoms with Crippen molar-refractivity contribution in [2.24, 2.45) is 0 Å². The maximum absolute atomic E-state index is 12.7. The summed E-state index contributed by atoms with van der Waals surface area (Å²) < 4.78 is 38.1. The summed E-state index contributed by atoms with van der Waals surface area (Å²) in [5.74, 6) is 0. The Morgan fingerprint density at radius 1 is 1.14 bits per heavy atom. The fraction of sp³-hybridized carbons (Fsp3) is 0.125. The zero-order chi connectivity index (χ0) is 15.6. The molecule has 0 aromatic heterocycles. The summed E-state index contributed by atoms with van der Waals surface area (Å²) in [5.41, 5.74) is 2.44. The lowest BCUT2D eigenvalue weighted by molar-refractivity contribution is -0.137. The molecular weight excluding hydrogens is 274 g/mol. The van der Waals surface area contributed by atoms with Gasteiger partial charge in [0, 0.05) is 11.4 Å². The van der Waals surface area contributed by atoms with Crippen LogP contribution < -0.4 is 10.8 Å². The molecule has 0 aliphatic carbocycles. The van der Waals surface area contributed by atoms with E-state index in [0.29, 0.717) is 16.8 Å². The van der Waals surface area contributed by atoms with Gasteiger partial charge < -0.3 is 5.32 Å². The molecule has 2 radical (unpaired) electrons. The van der Waals surface area contributed by atoms with Gasteiger partial charge in [-0.2, -0.15) is 13.2 Å². The third kappa shape index (κ3) is 3.69. The lowest BCUT2D eigenvalue weighted by Gasteiger charge is -2.14. The lowest BCUT2D eigenvalue weighted by atomic mass is 9.91. The van der Waals surface area contributed by atoms with Crippen LogP contribution in [0.5, 0.6) is 0 Å². The van der Waals surface area contributed by atoms with Crippen LogP contribution in [0.4, 0.5) is 24.5 Å². The van der Waals surface area contributed by atoms with Crippen LogP contribution in [0.15, 0.2) is 49.0 Å². The maximum atomic E-state index is 12.7. The molecule has 2 aromatic rings. The van der Waals surface area contributed by atoms with Crippen LogP contribution in [0.1, 0.15) is 18.1 Å². The average Bonchev–Trinajstić information content (AvgIpc) is 2.40. The highest BCUT2D eigenvalue weighted by molar-refractivity contribution is 6.32. The van der Waals surface area contributed by atoms with Gasteiger partial charge in [-0.1, -0.05) is 30.2 Å². The summed E-state index contributed by atoms with van der Waals surface area (Å²) >= 11 is 0. The van der Waals surface area contributed by atoms with Gasteiger partial charge in [-0.05, 0) is 42.3 Å². The van der Waals surface area contributed by atoms with Crippen LogP contribution in [0.25, 0.3) is 5.57 Å². The molecule has 0 spiro atoms. The van der Waals surface area contributed by atoms with Gasteiger partial charge in [-0.25, -0.2) is 0 Å². The van der Waals surface area contributed by atoms with Crippen molar-refractivity contribution in [1.82, 2.24) is 0 Å². The SMILES string of the molecule is [B]c1ccc(Nc2cccc(C(F)(F)F)c2)c(C(=C)C)c1. The van der Waals surface area contributed by atoms with Gasteiger partial charge in [0.1, 0.15) is 7.85 Å². The van der Waals surface area contributed by atoms with Crippen LogP contribution >= 0.6 is 0 Å². The van der Waals surface area contributed by atoms with E-state index in [2.05, 4.69) is 11.9 Å². The highest BCUT2D eigenvalue weighted by Gasteiger charge is 2.30. The van der Waals surface area contributed by atoms with E-state index in [-0.39, 0.29) is 0 Å². The molecule has 0 aliphatic rings. The summed E-state index contributed by atoms with van der Waals surface area (Å²) in [6.45, 7) is 5.66. The monoisotopic (exact) mass is 287 g/mol. The third-order valence-corrected chi connectivity index (χ3v) is 2.97. The van der Waals surface area contributed by atoms with Crippen molar-refractivity contribution in [1.29, 1.82) is 0 Å². The summed E-state index contributed by atoms with van der Waals surface area (Å²) in [6, 6.07) is 10.2. The van der Waals surface area contributed by atoms with Gasteiger partial charge in [-0.3, -0.25) is 0 Å². The van der Waals surface area contributed by atoms with Crippen LogP contribution in [-0.2, 0) is 6.18 Å². The van der Waals surface area contributed by atoms with Crippen molar-refractivity contribution in [3.8, 4) is 0 Å². The second-order valence-corrected chi connectivity index (χ2v) is 4.79. The average molecular weight is 287 g/mol. The molecule has 0 heterocycles. The minimum atomic E-state index is -4.37. The van der Waals surface area contributed by atoms with Crippen LogP contribution in [-0.4, -0.2) is 7.85 Å². The molecule has 0 saturated heterocycles. The van der Waals surface area contributed by atoms with Crippen LogP contribution in [0, 0.1) is 0 Å². The minimum absolute atomic E-state index is 0.358. The van der Waals surface area contributed by atoms with Gasteiger partial charge in [0.2, 0.25) is 0 Å². The first kappa shape index (κ1) is 15.2. The second kappa shape index (κ2) is 5.68. The number of allylic oxidation sites excluding steroid dienone is 1. The Kier molecular flexibility index (Phi) is 4.12. The normalized spacial score (nSPS) is 11.2. The molecule has 1 nitrogen and oxygen atoms in total. The van der Waals surface area contributed by atoms with E-state index in [4.69, 9.17) is 7.85 Å². The van der Waals surface area contributed by atoms with Gasteiger partial charge in [0.05, 0.1) is 5.56 Å². The Morgan fingerprint density at radius 3 is 2.48 bits per heavy atom. The number of rotatable bonds is 3. The fourth-order valence-electron chi connectivity index (χ4n) is 1.95. The standard InChI is InChI=1S/C16H13BF3N/c1-10(2)14-9-12(17)6-7-15(14)21-13-5-3-4-11(8-13)16(18,19)20/h3-9,21H,1H2,2H3. The molecular formula is C16H13BF3N. The second-order valence-electron chi connectivity index (χ2n) is 4.79. The van der Waals surface area contributed by atoms with E-state index in [1.807, 2.05) is 6.92 Å². The lowest BCUT2D eigenvalue weighted by Crippen LogP contribution is -2.07. The maximum Gasteiger partial charge on any atom is 0.416 e. The van der Waals surface area contributed by atoms with E-state index in [9.17, 15) is 13.2 Å². The molecule has 21 heavy (non-hydrogen) atoms. The predicted octanol–water partition coefficient (Wildman–Crippen LogP) is 4.28. The summed E-state index contributed by atoms with van der Waals surface area (Å²) in [5, 5.41) is 2.98. The Morgan fingerprint density at radius 2 is 1.86 bits per heavy atom. The van der Waals surface area contributed by atoms with Crippen molar-refractivity contribution >= 4 is 30.3 Å². The van der Waals surface area contributed by atoms with E-state index in [1.54, 1.807) is 24.3 Å². The van der Waals surface area contributed by atoms with Crippen LogP contribution in [0.3, 0.4) is 0 Å². The molecule has 0 aliphatic heterocycles. The third-order valence-electron chi connectivity index (χ3n) is 2.97. The quantitative estimate of drug-likeness (QED) is 0.831. The minimum Gasteiger partial charge on any atom is -0.355 e. The topological polar surface area (TPSA) is 12.0 Å². The number of hydrogen-bond acceptors (Lipinski definition) is 1. The predicted molar refractivity (Wildman–Crippen MR) is 81.3 cm³/mol. The van der Waals surface area contributed by atoms with Crippen molar-refractivity contribution in [3.63, 3.8) is 0 Å². The zero-order valence-electron chi connectivity index (χ0n) is 11.5. The first-order valence-electron chi connectivity index (χ1n) is 6.27. The van der Waals surface area contributed by atoms with Crippen molar-refractivity contribution in [3.05, 3.63) is 60.2 Å². The molecule has 0 unspecified atom stereocenters. The first-order chi connectivity index (χ1) is 9.77. The van der Waals surface area contributed by atoms with Gasteiger partial charge in [0.25, 0.3) is 0 Å². The van der Waals surface area contributed by atoms with E-state index >= 15 is 0 Å². The number of halogens is 3. The summed E-state index contributed by atoms with van der Waals surface area (Å²) in [6.07, 6.45) is -4.37. The van der Waals surface area contributed by atoms with Crippen molar-refractivity contribution < 1.29 is 13.2 Å². The summed E-state index contributed by atoms with van der Waals surface area (Å²) in [7, 11) is 5.72. The Balaban J connectivity index is 2.37. The first-order valence-corrected chi connectivity index (χ1v) is 6.27. The number of nitrogens with one attached hydrogen (secondary N) is 1. The Labute approximate surface area is 122 Å². The number of hydrogen-bond donors (Lipinski definition) is 1. The number of benzene rings is 2. The van der Waals surface area contributed by atoms with E-state index in [1.165, 1.54) is 6.07 Å². The number of anilines is 2. The molecule has 5 heteroatoms. The van der Waals surface area contributed by atoms with E-state index in [0.717, 1.165) is 23.3 Å². The molecule has 2 aromatic carbocycles. The molecule has 1 N–H and O–H groups in total. The molecule has 0 bridgehead atoms. The summed E-state index contributed by atoms with van der Waals surface area (Å²) in [4.78, 5) is 0. The van der Waals surface area contributed by atoms with Crippen molar-refractivity contribution in [2.75, 3.05) is 5.32 Å².